The number of para-hydroxylation sites is 1. The Labute approximate surface area is 176 Å². The van der Waals surface area contributed by atoms with E-state index < -0.39 is 15.9 Å². The predicted octanol–water partition coefficient (Wildman–Crippen LogP) is 2.07. The number of thiocarbonyl (C=S) groups is 1. The zero-order valence-electron chi connectivity index (χ0n) is 14.3. The second-order valence-corrected chi connectivity index (χ2v) is 8.55. The van der Waals surface area contributed by atoms with E-state index in [1.807, 2.05) is 0 Å². The minimum absolute atomic E-state index is 0.00188. The zero-order chi connectivity index (χ0) is 20.8. The maximum Gasteiger partial charge on any atom is 0.279 e. The van der Waals surface area contributed by atoms with E-state index in [9.17, 15) is 13.2 Å². The third-order valence-corrected chi connectivity index (χ3v) is 5.57. The van der Waals surface area contributed by atoms with Crippen molar-refractivity contribution in [2.24, 2.45) is 16.0 Å². The summed E-state index contributed by atoms with van der Waals surface area (Å²) < 4.78 is 23.9. The molecule has 0 spiro atoms. The number of benzene rings is 2. The van der Waals surface area contributed by atoms with Crippen molar-refractivity contribution in [3.63, 3.8) is 0 Å². The van der Waals surface area contributed by atoms with Gasteiger partial charge in [-0.25, -0.2) is 18.6 Å². The van der Waals surface area contributed by atoms with Crippen LogP contribution >= 0.6 is 35.4 Å². The molecule has 1 aliphatic rings. The van der Waals surface area contributed by atoms with Gasteiger partial charge in [-0.15, -0.1) is 0 Å². The molecule has 0 aromatic heterocycles. The average molecular weight is 458 g/mol. The van der Waals surface area contributed by atoms with Crippen LogP contribution in [0.3, 0.4) is 0 Å². The second kappa shape index (κ2) is 7.30. The number of carbonyl (C=O) groups is 1. The van der Waals surface area contributed by atoms with Crippen LogP contribution in [-0.4, -0.2) is 32.2 Å². The molecule has 4 N–H and O–H groups in total. The Kier molecular flexibility index (Phi) is 5.34. The van der Waals surface area contributed by atoms with Crippen LogP contribution in [0.4, 0.5) is 11.4 Å². The third kappa shape index (κ3) is 3.56. The molecule has 0 saturated heterocycles. The van der Waals surface area contributed by atoms with E-state index >= 15 is 0 Å². The van der Waals surface area contributed by atoms with Gasteiger partial charge < -0.3 is 10.6 Å². The van der Waals surface area contributed by atoms with Gasteiger partial charge in [-0.05, 0) is 36.5 Å². The highest BCUT2D eigenvalue weighted by molar-refractivity contribution is 7.89. The first-order valence-electron chi connectivity index (χ1n) is 7.60. The molecule has 0 bridgehead atoms. The molecular formula is C16H13Cl2N5O3S2. The van der Waals surface area contributed by atoms with Crippen molar-refractivity contribution in [2.45, 2.75) is 4.90 Å². The minimum Gasteiger partial charge on any atom is -0.374 e. The Morgan fingerprint density at radius 1 is 1.25 bits per heavy atom. The first kappa shape index (κ1) is 20.5. The highest BCUT2D eigenvalue weighted by atomic mass is 35.5. The molecule has 28 heavy (non-hydrogen) atoms. The van der Waals surface area contributed by atoms with E-state index in [0.717, 1.165) is 5.01 Å². The number of likely N-dealkylation sites (N-methyl/N-ethyl adjacent to an activating group) is 1. The Morgan fingerprint density at radius 3 is 2.50 bits per heavy atom. The Hall–Kier alpha value is -2.24. The summed E-state index contributed by atoms with van der Waals surface area (Å²) in [5.41, 5.74) is 6.48. The first-order valence-corrected chi connectivity index (χ1v) is 10.3. The number of anilines is 2. The Bertz CT molecular complexity index is 1150. The summed E-state index contributed by atoms with van der Waals surface area (Å²) >= 11 is 17.3. The van der Waals surface area contributed by atoms with Crippen molar-refractivity contribution in [3.8, 4) is 0 Å². The number of hydrogen-bond donors (Lipinski definition) is 2. The van der Waals surface area contributed by atoms with Crippen molar-refractivity contribution in [1.29, 1.82) is 0 Å². The predicted molar refractivity (Wildman–Crippen MR) is 113 cm³/mol. The average Bonchev–Trinajstić information content (AvgIpc) is 2.82. The van der Waals surface area contributed by atoms with Crippen LogP contribution in [0.25, 0.3) is 0 Å². The molecule has 1 heterocycles. The number of carbonyl (C=O) groups excluding carboxylic acids is 1. The number of nitrogens with zero attached hydrogens (tertiary/aromatic N) is 3. The van der Waals surface area contributed by atoms with E-state index in [0.29, 0.717) is 16.3 Å². The number of halogens is 2. The van der Waals surface area contributed by atoms with E-state index in [-0.39, 0.29) is 26.4 Å². The minimum atomic E-state index is -4.11. The molecule has 2 aromatic carbocycles. The van der Waals surface area contributed by atoms with Gasteiger partial charge in [-0.3, -0.25) is 4.79 Å². The lowest BCUT2D eigenvalue weighted by Gasteiger charge is -2.20. The van der Waals surface area contributed by atoms with Gasteiger partial charge in [0.05, 0.1) is 16.4 Å². The second-order valence-electron chi connectivity index (χ2n) is 5.76. The largest absolute Gasteiger partial charge is 0.374 e. The first-order chi connectivity index (χ1) is 13.0. The number of primary sulfonamides is 1. The van der Waals surface area contributed by atoms with Gasteiger partial charge in [0.2, 0.25) is 10.0 Å². The summed E-state index contributed by atoms with van der Waals surface area (Å²) in [5, 5.41) is 10.7. The van der Waals surface area contributed by atoms with E-state index in [2.05, 4.69) is 5.10 Å². The highest BCUT2D eigenvalue weighted by Crippen LogP contribution is 2.38. The van der Waals surface area contributed by atoms with Gasteiger partial charge in [0, 0.05) is 17.6 Å². The van der Waals surface area contributed by atoms with E-state index in [1.165, 1.54) is 42.3 Å². The maximum atomic E-state index is 12.7. The number of hydrazone groups is 1. The lowest BCUT2D eigenvalue weighted by atomic mass is 10.1. The standard InChI is InChI=1S/C16H13Cl2N5O3S2/c1-22-14-9(6-8(17)7-10(14)18)13(15(22)24)21-23(16(19)27)11-4-2-3-5-12(11)28(20,25)26/h2-7H,1H3,(H2,19,27)(H2,20,25,26)/b21-13-. The maximum absolute atomic E-state index is 12.7. The monoisotopic (exact) mass is 457 g/mol. The number of fused-ring (bicyclic) bond motifs is 1. The van der Waals surface area contributed by atoms with Gasteiger partial charge in [0.1, 0.15) is 4.90 Å². The number of sulfonamides is 1. The zero-order valence-corrected chi connectivity index (χ0v) is 17.4. The molecule has 1 aliphatic heterocycles. The normalized spacial score (nSPS) is 15.1. The summed E-state index contributed by atoms with van der Waals surface area (Å²) in [6.45, 7) is 0. The molecule has 0 fully saturated rings. The number of nitrogens with two attached hydrogens (primary N) is 2. The van der Waals surface area contributed by atoms with Crippen LogP contribution in [0, 0.1) is 0 Å². The topological polar surface area (TPSA) is 122 Å². The molecule has 8 nitrogen and oxygen atoms in total. The van der Waals surface area contributed by atoms with Crippen molar-refractivity contribution >= 4 is 73.5 Å². The van der Waals surface area contributed by atoms with Crippen LogP contribution in [0.1, 0.15) is 5.56 Å². The summed E-state index contributed by atoms with van der Waals surface area (Å²) in [6, 6.07) is 8.75. The summed E-state index contributed by atoms with van der Waals surface area (Å²) in [6.07, 6.45) is 0. The van der Waals surface area contributed by atoms with E-state index in [1.54, 1.807) is 6.07 Å². The summed E-state index contributed by atoms with van der Waals surface area (Å²) in [4.78, 5) is 13.8. The SMILES string of the molecule is CN1C(=O)/C(=N\N(C(N)=S)c2ccccc2S(N)(=O)=O)c2cc(Cl)cc(Cl)c21. The molecule has 2 aromatic rings. The number of rotatable bonds is 3. The van der Waals surface area contributed by atoms with Crippen molar-refractivity contribution < 1.29 is 13.2 Å². The fourth-order valence-corrected chi connectivity index (χ4v) is 4.23. The van der Waals surface area contributed by atoms with E-state index in [4.69, 9.17) is 46.3 Å². The van der Waals surface area contributed by atoms with Crippen molar-refractivity contribution in [3.05, 3.63) is 52.0 Å². The molecule has 146 valence electrons. The van der Waals surface area contributed by atoms with Crippen LogP contribution in [-0.2, 0) is 14.8 Å². The van der Waals surface area contributed by atoms with Crippen LogP contribution in [0.5, 0.6) is 0 Å². The smallest absolute Gasteiger partial charge is 0.279 e. The molecule has 0 atom stereocenters. The molecule has 1 amide bonds. The molecular weight excluding hydrogens is 445 g/mol. The van der Waals surface area contributed by atoms with Gasteiger partial charge in [0.15, 0.2) is 10.8 Å². The van der Waals surface area contributed by atoms with Gasteiger partial charge in [0.25, 0.3) is 5.91 Å². The fourth-order valence-electron chi connectivity index (χ4n) is 2.75. The summed E-state index contributed by atoms with van der Waals surface area (Å²) in [7, 11) is -2.59. The Balaban J connectivity index is 2.25. The summed E-state index contributed by atoms with van der Waals surface area (Å²) in [5.74, 6) is -0.492. The quantitative estimate of drug-likeness (QED) is 0.537. The van der Waals surface area contributed by atoms with Crippen molar-refractivity contribution in [1.82, 2.24) is 0 Å². The molecule has 0 radical (unpaired) electrons. The van der Waals surface area contributed by atoms with Gasteiger partial charge in [-0.2, -0.15) is 5.10 Å². The molecule has 0 aliphatic carbocycles. The highest BCUT2D eigenvalue weighted by Gasteiger charge is 2.35. The number of hydrogen-bond acceptors (Lipinski definition) is 5. The molecule has 0 unspecified atom stereocenters. The van der Waals surface area contributed by atoms with Crippen molar-refractivity contribution in [2.75, 3.05) is 17.0 Å². The van der Waals surface area contributed by atoms with Gasteiger partial charge >= 0.3 is 0 Å². The van der Waals surface area contributed by atoms with Crippen LogP contribution < -0.4 is 20.8 Å². The lowest BCUT2D eigenvalue weighted by Crippen LogP contribution is -2.35. The molecule has 0 saturated carbocycles. The lowest BCUT2D eigenvalue weighted by molar-refractivity contribution is -0.111. The number of amides is 1. The van der Waals surface area contributed by atoms with Gasteiger partial charge in [-0.1, -0.05) is 35.3 Å². The fraction of sp³-hybridized carbons (Fsp3) is 0.0625. The van der Waals surface area contributed by atoms with Crippen LogP contribution in [0.2, 0.25) is 10.0 Å². The third-order valence-electron chi connectivity index (χ3n) is 3.93. The van der Waals surface area contributed by atoms with Crippen LogP contribution in [0.15, 0.2) is 46.4 Å². The Morgan fingerprint density at radius 2 is 1.89 bits per heavy atom. The molecule has 3 rings (SSSR count). The molecule has 12 heteroatoms.